The summed E-state index contributed by atoms with van der Waals surface area (Å²) in [5.41, 5.74) is 1.67. The summed E-state index contributed by atoms with van der Waals surface area (Å²) in [6.45, 7) is 4.10. The number of H-pyrrole nitrogens is 1. The van der Waals surface area contributed by atoms with Gasteiger partial charge in [-0.05, 0) is 29.2 Å². The molecule has 1 aromatic heterocycles. The first-order chi connectivity index (χ1) is 8.95. The van der Waals surface area contributed by atoms with Crippen LogP contribution in [0, 0.1) is 0 Å². The maximum absolute atomic E-state index is 11.8. The molecule has 0 saturated heterocycles. The van der Waals surface area contributed by atoms with Crippen LogP contribution < -0.4 is 10.3 Å². The van der Waals surface area contributed by atoms with Gasteiger partial charge in [0.15, 0.2) is 0 Å². The highest BCUT2D eigenvalue weighted by molar-refractivity contribution is 5.69. The molecule has 0 saturated carbocycles. The standard InChI is InChI=1S/C14H18N2O3/c1-8(2)10-7-9(5-6-11(10)19-4)12-13(17)15-16(3)14(12)18/h5-8,18H,1-4H3,(H,15,17). The molecule has 19 heavy (non-hydrogen) atoms. The van der Waals surface area contributed by atoms with Gasteiger partial charge in [-0.3, -0.25) is 14.6 Å². The molecule has 0 aliphatic heterocycles. The summed E-state index contributed by atoms with van der Waals surface area (Å²) in [6.07, 6.45) is 0. The highest BCUT2D eigenvalue weighted by Gasteiger charge is 2.16. The third-order valence-corrected chi connectivity index (χ3v) is 3.18. The van der Waals surface area contributed by atoms with E-state index in [1.165, 1.54) is 4.68 Å². The van der Waals surface area contributed by atoms with Gasteiger partial charge in [-0.25, -0.2) is 0 Å². The first kappa shape index (κ1) is 13.3. The van der Waals surface area contributed by atoms with Crippen molar-refractivity contribution in [3.63, 3.8) is 0 Å². The molecule has 0 atom stereocenters. The van der Waals surface area contributed by atoms with Crippen molar-refractivity contribution in [2.75, 3.05) is 7.11 Å². The number of nitrogens with one attached hydrogen (secondary N) is 1. The monoisotopic (exact) mass is 262 g/mol. The highest BCUT2D eigenvalue weighted by atomic mass is 16.5. The minimum absolute atomic E-state index is 0.0649. The van der Waals surface area contributed by atoms with Crippen LogP contribution in [-0.4, -0.2) is 22.0 Å². The fourth-order valence-electron chi connectivity index (χ4n) is 2.13. The van der Waals surface area contributed by atoms with Crippen LogP contribution in [0.1, 0.15) is 25.3 Å². The van der Waals surface area contributed by atoms with E-state index in [0.717, 1.165) is 11.3 Å². The second-order valence-electron chi connectivity index (χ2n) is 4.81. The van der Waals surface area contributed by atoms with Crippen LogP contribution in [0.15, 0.2) is 23.0 Å². The molecule has 1 heterocycles. The largest absolute Gasteiger partial charge is 0.496 e. The van der Waals surface area contributed by atoms with Crippen LogP contribution in [0.5, 0.6) is 11.6 Å². The molecule has 1 aromatic carbocycles. The Morgan fingerprint density at radius 3 is 2.53 bits per heavy atom. The van der Waals surface area contributed by atoms with Crippen LogP contribution in [0.3, 0.4) is 0 Å². The second kappa shape index (κ2) is 4.84. The Morgan fingerprint density at radius 2 is 2.05 bits per heavy atom. The lowest BCUT2D eigenvalue weighted by Crippen LogP contribution is -2.04. The van der Waals surface area contributed by atoms with Gasteiger partial charge in [0.25, 0.3) is 5.56 Å². The molecule has 2 N–H and O–H groups in total. The summed E-state index contributed by atoms with van der Waals surface area (Å²) >= 11 is 0. The molecule has 0 amide bonds. The number of aromatic hydroxyl groups is 1. The van der Waals surface area contributed by atoms with Gasteiger partial charge in [0.2, 0.25) is 5.88 Å². The van der Waals surface area contributed by atoms with Crippen molar-refractivity contribution in [3.8, 4) is 22.8 Å². The van der Waals surface area contributed by atoms with Gasteiger partial charge >= 0.3 is 0 Å². The summed E-state index contributed by atoms with van der Waals surface area (Å²) in [5, 5.41) is 12.5. The maximum atomic E-state index is 11.8. The first-order valence-electron chi connectivity index (χ1n) is 6.12. The minimum Gasteiger partial charge on any atom is -0.496 e. The number of methoxy groups -OCH3 is 1. The Labute approximate surface area is 111 Å². The molecule has 102 valence electrons. The number of aromatic amines is 1. The number of hydrogen-bond donors (Lipinski definition) is 2. The topological polar surface area (TPSA) is 67.2 Å². The fourth-order valence-corrected chi connectivity index (χ4v) is 2.13. The Morgan fingerprint density at radius 1 is 1.37 bits per heavy atom. The molecule has 5 heteroatoms. The number of benzene rings is 1. The van der Waals surface area contributed by atoms with E-state index in [1.807, 2.05) is 12.1 Å². The molecule has 0 radical (unpaired) electrons. The molecule has 2 rings (SSSR count). The van der Waals surface area contributed by atoms with Crippen molar-refractivity contribution in [1.29, 1.82) is 0 Å². The molecule has 0 bridgehead atoms. The van der Waals surface area contributed by atoms with Gasteiger partial charge in [-0.2, -0.15) is 0 Å². The van der Waals surface area contributed by atoms with E-state index in [9.17, 15) is 9.90 Å². The van der Waals surface area contributed by atoms with E-state index in [1.54, 1.807) is 20.2 Å². The number of nitrogens with zero attached hydrogens (tertiary/aromatic N) is 1. The van der Waals surface area contributed by atoms with Gasteiger partial charge in [-0.1, -0.05) is 19.9 Å². The van der Waals surface area contributed by atoms with E-state index < -0.39 is 0 Å². The zero-order valence-electron chi connectivity index (χ0n) is 11.5. The van der Waals surface area contributed by atoms with E-state index >= 15 is 0 Å². The smallest absolute Gasteiger partial charge is 0.275 e. The van der Waals surface area contributed by atoms with Crippen LogP contribution in [0.4, 0.5) is 0 Å². The van der Waals surface area contributed by atoms with Gasteiger partial charge in [0.05, 0.1) is 7.11 Å². The summed E-state index contributed by atoms with van der Waals surface area (Å²) in [4.78, 5) is 11.8. The van der Waals surface area contributed by atoms with Crippen molar-refractivity contribution in [3.05, 3.63) is 34.1 Å². The van der Waals surface area contributed by atoms with Crippen LogP contribution in [0.25, 0.3) is 11.1 Å². The predicted molar refractivity (Wildman–Crippen MR) is 73.8 cm³/mol. The molecular weight excluding hydrogens is 244 g/mol. The number of hydrogen-bond acceptors (Lipinski definition) is 3. The van der Waals surface area contributed by atoms with Crippen molar-refractivity contribution in [1.82, 2.24) is 9.78 Å². The average molecular weight is 262 g/mol. The summed E-state index contributed by atoms with van der Waals surface area (Å²) in [7, 11) is 3.21. The lowest BCUT2D eigenvalue weighted by molar-refractivity contribution is 0.407. The Bertz CT molecular complexity index is 653. The van der Waals surface area contributed by atoms with Gasteiger partial charge in [-0.15, -0.1) is 0 Å². The minimum atomic E-state index is -0.306. The molecule has 0 aliphatic rings. The number of ether oxygens (including phenoxy) is 1. The van der Waals surface area contributed by atoms with Gasteiger partial charge in [0.1, 0.15) is 11.3 Å². The molecule has 2 aromatic rings. The molecule has 5 nitrogen and oxygen atoms in total. The van der Waals surface area contributed by atoms with Crippen LogP contribution in [0.2, 0.25) is 0 Å². The fraction of sp³-hybridized carbons (Fsp3) is 0.357. The third kappa shape index (κ3) is 2.23. The maximum Gasteiger partial charge on any atom is 0.275 e. The summed E-state index contributed by atoms with van der Waals surface area (Å²) in [6, 6.07) is 5.47. The SMILES string of the molecule is COc1ccc(-c2c(O)n(C)[nH]c2=O)cc1C(C)C. The van der Waals surface area contributed by atoms with Crippen molar-refractivity contribution in [2.45, 2.75) is 19.8 Å². The number of aryl methyl sites for hydroxylation is 1. The van der Waals surface area contributed by atoms with Crippen molar-refractivity contribution >= 4 is 0 Å². The molecule has 0 fully saturated rings. The van der Waals surface area contributed by atoms with Crippen LogP contribution in [-0.2, 0) is 7.05 Å². The quantitative estimate of drug-likeness (QED) is 0.891. The summed E-state index contributed by atoms with van der Waals surface area (Å²) < 4.78 is 6.61. The Balaban J connectivity index is 2.64. The van der Waals surface area contributed by atoms with Crippen molar-refractivity contribution < 1.29 is 9.84 Å². The zero-order valence-corrected chi connectivity index (χ0v) is 11.5. The highest BCUT2D eigenvalue weighted by Crippen LogP contribution is 2.33. The molecular formula is C14H18N2O3. The van der Waals surface area contributed by atoms with E-state index in [0.29, 0.717) is 5.56 Å². The van der Waals surface area contributed by atoms with Crippen LogP contribution >= 0.6 is 0 Å². The Kier molecular flexibility index (Phi) is 3.38. The number of rotatable bonds is 3. The van der Waals surface area contributed by atoms with Gasteiger partial charge in [0, 0.05) is 7.05 Å². The molecule has 0 unspecified atom stereocenters. The second-order valence-corrected chi connectivity index (χ2v) is 4.81. The lowest BCUT2D eigenvalue weighted by Gasteiger charge is -2.13. The van der Waals surface area contributed by atoms with E-state index in [4.69, 9.17) is 4.74 Å². The summed E-state index contributed by atoms with van der Waals surface area (Å²) in [5.74, 6) is 0.982. The van der Waals surface area contributed by atoms with E-state index in [-0.39, 0.29) is 22.9 Å². The van der Waals surface area contributed by atoms with Gasteiger partial charge < -0.3 is 9.84 Å². The normalized spacial score (nSPS) is 11.0. The number of aromatic nitrogens is 2. The average Bonchev–Trinajstić information content (AvgIpc) is 2.62. The molecule has 0 spiro atoms. The predicted octanol–water partition coefficient (Wildman–Crippen LogP) is 2.22. The zero-order chi connectivity index (χ0) is 14.2. The molecule has 0 aliphatic carbocycles. The Hall–Kier alpha value is -2.17. The third-order valence-electron chi connectivity index (χ3n) is 3.18. The lowest BCUT2D eigenvalue weighted by atomic mass is 9.97. The first-order valence-corrected chi connectivity index (χ1v) is 6.12. The van der Waals surface area contributed by atoms with Crippen molar-refractivity contribution in [2.24, 2.45) is 7.05 Å². The van der Waals surface area contributed by atoms with E-state index in [2.05, 4.69) is 18.9 Å².